The summed E-state index contributed by atoms with van der Waals surface area (Å²) in [7, 11) is 0. The van der Waals surface area contributed by atoms with Crippen LogP contribution in [0.1, 0.15) is 19.8 Å². The van der Waals surface area contributed by atoms with Crippen molar-refractivity contribution in [2.45, 2.75) is 30.7 Å². The van der Waals surface area contributed by atoms with Gasteiger partial charge in [0.1, 0.15) is 0 Å². The third kappa shape index (κ3) is 4.36. The van der Waals surface area contributed by atoms with Crippen LogP contribution in [0.5, 0.6) is 0 Å². The molecule has 6 heteroatoms. The molecule has 0 radical (unpaired) electrons. The molecule has 1 aromatic rings. The van der Waals surface area contributed by atoms with Gasteiger partial charge in [0.05, 0.1) is 5.75 Å². The second kappa shape index (κ2) is 8.49. The first-order chi connectivity index (χ1) is 9.22. The van der Waals surface area contributed by atoms with Crippen molar-refractivity contribution in [2.75, 3.05) is 18.8 Å². The smallest absolute Gasteiger partial charge is 0.233 e. The fourth-order valence-corrected chi connectivity index (χ4v) is 3.35. The molecule has 1 aliphatic heterocycles. The molecule has 0 aromatic carbocycles. The maximum Gasteiger partial charge on any atom is 0.233 e. The molecule has 0 aliphatic carbocycles. The molecule has 2 heterocycles. The van der Waals surface area contributed by atoms with Crippen molar-refractivity contribution in [3.05, 3.63) is 24.5 Å². The first kappa shape index (κ1) is 17.3. The lowest BCUT2D eigenvalue weighted by molar-refractivity contribution is -0.133. The van der Waals surface area contributed by atoms with Crippen LogP contribution >= 0.6 is 24.2 Å². The van der Waals surface area contributed by atoms with E-state index in [1.54, 1.807) is 24.2 Å². The molecular formula is C14H22ClN3OS. The van der Waals surface area contributed by atoms with Crippen LogP contribution in [-0.2, 0) is 4.79 Å². The number of carbonyl (C=O) groups excluding carboxylic acids is 1. The highest BCUT2D eigenvalue weighted by atomic mass is 35.5. The molecule has 0 spiro atoms. The molecule has 0 saturated carbocycles. The van der Waals surface area contributed by atoms with E-state index >= 15 is 0 Å². The van der Waals surface area contributed by atoms with Gasteiger partial charge in [-0.05, 0) is 30.9 Å². The highest BCUT2D eigenvalue weighted by molar-refractivity contribution is 8.00. The van der Waals surface area contributed by atoms with Gasteiger partial charge in [0.15, 0.2) is 0 Å². The molecule has 2 unspecified atom stereocenters. The number of amides is 1. The molecule has 1 aromatic heterocycles. The summed E-state index contributed by atoms with van der Waals surface area (Å²) in [6, 6.07) is 4.06. The van der Waals surface area contributed by atoms with E-state index in [1.807, 2.05) is 17.0 Å². The van der Waals surface area contributed by atoms with Gasteiger partial charge in [-0.2, -0.15) is 0 Å². The summed E-state index contributed by atoms with van der Waals surface area (Å²) in [5.41, 5.74) is 5.82. The quantitative estimate of drug-likeness (QED) is 0.865. The third-order valence-corrected chi connectivity index (χ3v) is 4.69. The third-order valence-electron chi connectivity index (χ3n) is 3.69. The highest BCUT2D eigenvalue weighted by Gasteiger charge is 2.30. The monoisotopic (exact) mass is 315 g/mol. The van der Waals surface area contributed by atoms with Gasteiger partial charge in [-0.1, -0.05) is 6.92 Å². The molecule has 4 nitrogen and oxygen atoms in total. The van der Waals surface area contributed by atoms with Gasteiger partial charge < -0.3 is 10.6 Å². The van der Waals surface area contributed by atoms with Gasteiger partial charge in [0.2, 0.25) is 5.91 Å². The number of piperidine rings is 1. The van der Waals surface area contributed by atoms with Crippen molar-refractivity contribution in [1.29, 1.82) is 0 Å². The van der Waals surface area contributed by atoms with E-state index in [2.05, 4.69) is 11.9 Å². The summed E-state index contributed by atoms with van der Waals surface area (Å²) in [5, 5.41) is 0. The second-order valence-corrected chi connectivity index (χ2v) is 6.03. The zero-order valence-corrected chi connectivity index (χ0v) is 13.3. The minimum absolute atomic E-state index is 0. The predicted molar refractivity (Wildman–Crippen MR) is 85.2 cm³/mol. The zero-order chi connectivity index (χ0) is 13.7. The number of hydrogen-bond acceptors (Lipinski definition) is 4. The van der Waals surface area contributed by atoms with E-state index < -0.39 is 0 Å². The first-order valence-corrected chi connectivity index (χ1v) is 7.73. The largest absolute Gasteiger partial charge is 0.337 e. The van der Waals surface area contributed by atoms with Crippen molar-refractivity contribution >= 4 is 30.1 Å². The van der Waals surface area contributed by atoms with E-state index in [9.17, 15) is 4.79 Å². The lowest BCUT2D eigenvalue weighted by atomic mass is 9.91. The number of thioether (sulfide) groups is 1. The van der Waals surface area contributed by atoms with E-state index in [4.69, 9.17) is 5.73 Å². The summed E-state index contributed by atoms with van der Waals surface area (Å²) in [6.45, 7) is 3.60. The van der Waals surface area contributed by atoms with Gasteiger partial charge in [-0.3, -0.25) is 9.78 Å². The number of hydrogen-bond donors (Lipinski definition) is 1. The van der Waals surface area contributed by atoms with Crippen molar-refractivity contribution in [1.82, 2.24) is 9.88 Å². The number of pyridine rings is 1. The van der Waals surface area contributed by atoms with Crippen LogP contribution in [0.3, 0.4) is 0 Å². The molecule has 20 heavy (non-hydrogen) atoms. The summed E-state index contributed by atoms with van der Waals surface area (Å²) in [6.07, 6.45) is 5.75. The Kier molecular flexibility index (Phi) is 7.34. The molecule has 2 atom stereocenters. The summed E-state index contributed by atoms with van der Waals surface area (Å²) in [4.78, 5) is 19.3. The van der Waals surface area contributed by atoms with Crippen LogP contribution in [0.15, 0.2) is 29.4 Å². The number of nitrogens with zero attached hydrogens (tertiary/aromatic N) is 2. The highest BCUT2D eigenvalue weighted by Crippen LogP contribution is 2.24. The summed E-state index contributed by atoms with van der Waals surface area (Å²) in [5.74, 6) is 1.19. The molecule has 1 saturated heterocycles. The average molecular weight is 316 g/mol. The summed E-state index contributed by atoms with van der Waals surface area (Å²) >= 11 is 1.56. The van der Waals surface area contributed by atoms with Crippen molar-refractivity contribution in [3.63, 3.8) is 0 Å². The maximum absolute atomic E-state index is 12.3. The lowest BCUT2D eigenvalue weighted by Crippen LogP contribution is -2.51. The van der Waals surface area contributed by atoms with Crippen molar-refractivity contribution in [3.8, 4) is 0 Å². The SMILES string of the molecule is CC1CCCN(C(=O)CSc2ccncc2)C1CN.Cl. The summed E-state index contributed by atoms with van der Waals surface area (Å²) < 4.78 is 0. The number of likely N-dealkylation sites (tertiary alicyclic amines) is 1. The van der Waals surface area contributed by atoms with E-state index in [0.29, 0.717) is 18.2 Å². The van der Waals surface area contributed by atoms with E-state index in [-0.39, 0.29) is 24.4 Å². The Balaban J connectivity index is 0.00000200. The predicted octanol–water partition coefficient (Wildman–Crippen LogP) is 2.18. The van der Waals surface area contributed by atoms with Gasteiger partial charge in [0.25, 0.3) is 0 Å². The number of nitrogens with two attached hydrogens (primary N) is 1. The van der Waals surface area contributed by atoms with E-state index in [1.165, 1.54) is 6.42 Å². The Hall–Kier alpha value is -0.780. The fraction of sp³-hybridized carbons (Fsp3) is 0.571. The molecule has 0 bridgehead atoms. The minimum atomic E-state index is 0. The normalized spacial score (nSPS) is 22.2. The molecule has 1 amide bonds. The molecular weight excluding hydrogens is 294 g/mol. The minimum Gasteiger partial charge on any atom is -0.337 e. The Morgan fingerprint density at radius 2 is 2.20 bits per heavy atom. The van der Waals surface area contributed by atoms with Crippen LogP contribution in [0.2, 0.25) is 0 Å². The van der Waals surface area contributed by atoms with Crippen LogP contribution < -0.4 is 5.73 Å². The van der Waals surface area contributed by atoms with Crippen LogP contribution in [0.25, 0.3) is 0 Å². The van der Waals surface area contributed by atoms with Gasteiger partial charge in [0, 0.05) is 36.4 Å². The van der Waals surface area contributed by atoms with Gasteiger partial charge >= 0.3 is 0 Å². The molecule has 2 N–H and O–H groups in total. The number of carbonyl (C=O) groups is 1. The second-order valence-electron chi connectivity index (χ2n) is 4.98. The van der Waals surface area contributed by atoms with Crippen LogP contribution in [0.4, 0.5) is 0 Å². The topological polar surface area (TPSA) is 59.2 Å². The van der Waals surface area contributed by atoms with Gasteiger partial charge in [-0.15, -0.1) is 24.2 Å². The standard InChI is InChI=1S/C14H21N3OS.ClH/c1-11-3-2-8-17(13(11)9-15)14(18)10-19-12-4-6-16-7-5-12;/h4-7,11,13H,2-3,8-10,15H2,1H3;1H. The Morgan fingerprint density at radius 1 is 1.50 bits per heavy atom. The maximum atomic E-state index is 12.3. The molecule has 112 valence electrons. The number of aromatic nitrogens is 1. The Morgan fingerprint density at radius 3 is 2.85 bits per heavy atom. The average Bonchev–Trinajstić information content (AvgIpc) is 2.45. The van der Waals surface area contributed by atoms with E-state index in [0.717, 1.165) is 17.9 Å². The first-order valence-electron chi connectivity index (χ1n) is 6.74. The Bertz CT molecular complexity index is 418. The van der Waals surface area contributed by atoms with Crippen molar-refractivity contribution in [2.24, 2.45) is 11.7 Å². The van der Waals surface area contributed by atoms with Crippen LogP contribution in [-0.4, -0.2) is 40.7 Å². The van der Waals surface area contributed by atoms with Crippen molar-refractivity contribution < 1.29 is 4.79 Å². The molecule has 2 rings (SSSR count). The van der Waals surface area contributed by atoms with Gasteiger partial charge in [-0.25, -0.2) is 0 Å². The number of halogens is 1. The number of rotatable bonds is 4. The Labute approximate surface area is 130 Å². The van der Waals surface area contributed by atoms with Crippen LogP contribution in [0, 0.1) is 5.92 Å². The molecule has 1 fully saturated rings. The lowest BCUT2D eigenvalue weighted by Gasteiger charge is -2.39. The molecule has 1 aliphatic rings. The zero-order valence-electron chi connectivity index (χ0n) is 11.7. The fourth-order valence-electron chi connectivity index (χ4n) is 2.58.